The van der Waals surface area contributed by atoms with Gasteiger partial charge in [0, 0.05) is 17.3 Å². The Kier molecular flexibility index (Phi) is 5.88. The molecule has 31 heavy (non-hydrogen) atoms. The van der Waals surface area contributed by atoms with E-state index in [0.29, 0.717) is 33.1 Å². The first-order valence-electron chi connectivity index (χ1n) is 10.2. The van der Waals surface area contributed by atoms with E-state index < -0.39 is 12.1 Å². The van der Waals surface area contributed by atoms with Crippen LogP contribution in [0.4, 0.5) is 9.18 Å². The average Bonchev–Trinajstić information content (AvgIpc) is 3.40. The molecular weight excluding hydrogens is 467 g/mol. The second-order valence-electron chi connectivity index (χ2n) is 8.09. The SMILES string of the molecule is COC(=O)NC(C(=O)N1CCCC1c1nc2c(ccc3c(F)c(Br)ccc32)[nH]1)C(C)C. The van der Waals surface area contributed by atoms with Crippen LogP contribution in [0.3, 0.4) is 0 Å². The lowest BCUT2D eigenvalue weighted by Gasteiger charge is -2.29. The summed E-state index contributed by atoms with van der Waals surface area (Å²) >= 11 is 3.22. The first-order chi connectivity index (χ1) is 14.8. The number of carbonyl (C=O) groups is 2. The highest BCUT2D eigenvalue weighted by Crippen LogP contribution is 2.35. The van der Waals surface area contributed by atoms with E-state index in [1.165, 1.54) is 7.11 Å². The molecule has 2 amide bonds. The average molecular weight is 491 g/mol. The zero-order valence-electron chi connectivity index (χ0n) is 17.5. The highest BCUT2D eigenvalue weighted by molar-refractivity contribution is 9.10. The summed E-state index contributed by atoms with van der Waals surface area (Å²) in [6.45, 7) is 4.34. The largest absolute Gasteiger partial charge is 0.453 e. The summed E-state index contributed by atoms with van der Waals surface area (Å²) in [6, 6.07) is 6.11. The fourth-order valence-corrected chi connectivity index (χ4v) is 4.53. The summed E-state index contributed by atoms with van der Waals surface area (Å²) < 4.78 is 19.6. The summed E-state index contributed by atoms with van der Waals surface area (Å²) in [5.74, 6) is 0.0737. The molecule has 2 unspecified atom stereocenters. The maximum atomic E-state index is 14.5. The number of imidazole rings is 1. The number of likely N-dealkylation sites (tertiary alicyclic amines) is 1. The number of nitrogens with one attached hydrogen (secondary N) is 2. The fourth-order valence-electron chi connectivity index (χ4n) is 4.18. The normalized spacial score (nSPS) is 17.5. The van der Waals surface area contributed by atoms with Crippen LogP contribution in [0.15, 0.2) is 28.7 Å². The van der Waals surface area contributed by atoms with Gasteiger partial charge in [0.2, 0.25) is 5.91 Å². The van der Waals surface area contributed by atoms with Gasteiger partial charge in [0.15, 0.2) is 0 Å². The van der Waals surface area contributed by atoms with E-state index in [1.807, 2.05) is 19.9 Å². The summed E-state index contributed by atoms with van der Waals surface area (Å²) in [6.07, 6.45) is 0.955. The third-order valence-corrected chi connectivity index (χ3v) is 6.41. The van der Waals surface area contributed by atoms with Gasteiger partial charge in [-0.3, -0.25) is 4.79 Å². The number of nitrogens with zero attached hydrogens (tertiary/aromatic N) is 2. The van der Waals surface area contributed by atoms with E-state index in [-0.39, 0.29) is 23.7 Å². The topological polar surface area (TPSA) is 87.3 Å². The molecule has 9 heteroatoms. The lowest BCUT2D eigenvalue weighted by atomic mass is 10.0. The zero-order chi connectivity index (χ0) is 22.3. The van der Waals surface area contributed by atoms with Crippen LogP contribution in [0.2, 0.25) is 0 Å². The van der Waals surface area contributed by atoms with Crippen LogP contribution in [0.25, 0.3) is 21.8 Å². The Morgan fingerprint density at radius 3 is 2.74 bits per heavy atom. The van der Waals surface area contributed by atoms with Gasteiger partial charge in [-0.1, -0.05) is 19.9 Å². The molecule has 0 spiro atoms. The number of amides is 2. The van der Waals surface area contributed by atoms with Crippen molar-refractivity contribution in [2.45, 2.75) is 38.8 Å². The number of methoxy groups -OCH3 is 1. The lowest BCUT2D eigenvalue weighted by Crippen LogP contribution is -2.51. The number of fused-ring (bicyclic) bond motifs is 3. The van der Waals surface area contributed by atoms with E-state index in [9.17, 15) is 14.0 Å². The van der Waals surface area contributed by atoms with Gasteiger partial charge in [0.25, 0.3) is 0 Å². The van der Waals surface area contributed by atoms with Crippen molar-refractivity contribution >= 4 is 49.7 Å². The molecule has 1 aromatic heterocycles. The van der Waals surface area contributed by atoms with Crippen LogP contribution in [0.1, 0.15) is 38.6 Å². The molecule has 1 aliphatic rings. The third kappa shape index (κ3) is 3.86. The standard InChI is InChI=1S/C22H24BrFN4O3/c1-11(2)18(27-22(30)31-3)21(29)28-10-4-5-16(28)20-25-15-9-7-12-13(19(15)26-20)6-8-14(23)17(12)24/h6-9,11,16,18H,4-5,10H2,1-3H3,(H,25,26)(H,27,30). The van der Waals surface area contributed by atoms with Crippen molar-refractivity contribution in [3.63, 3.8) is 0 Å². The molecule has 2 N–H and O–H groups in total. The third-order valence-electron chi connectivity index (χ3n) is 5.80. The van der Waals surface area contributed by atoms with Gasteiger partial charge in [0.05, 0.1) is 28.7 Å². The minimum Gasteiger partial charge on any atom is -0.453 e. The molecule has 2 heterocycles. The smallest absolute Gasteiger partial charge is 0.407 e. The molecular formula is C22H24BrFN4O3. The van der Waals surface area contributed by atoms with Gasteiger partial charge in [-0.15, -0.1) is 0 Å². The number of benzene rings is 2. The quantitative estimate of drug-likeness (QED) is 0.556. The number of rotatable bonds is 4. The Hall–Kier alpha value is -2.68. The Morgan fingerprint density at radius 1 is 1.29 bits per heavy atom. The summed E-state index contributed by atoms with van der Waals surface area (Å²) in [5.41, 5.74) is 1.46. The molecule has 7 nitrogen and oxygen atoms in total. The van der Waals surface area contributed by atoms with E-state index in [0.717, 1.165) is 18.4 Å². The van der Waals surface area contributed by atoms with Crippen LogP contribution < -0.4 is 5.32 Å². The van der Waals surface area contributed by atoms with Crippen molar-refractivity contribution in [2.75, 3.05) is 13.7 Å². The summed E-state index contributed by atoms with van der Waals surface area (Å²) in [7, 11) is 1.27. The highest BCUT2D eigenvalue weighted by atomic mass is 79.9. The molecule has 164 valence electrons. The molecule has 0 bridgehead atoms. The second-order valence-corrected chi connectivity index (χ2v) is 8.94. The lowest BCUT2D eigenvalue weighted by molar-refractivity contribution is -0.135. The van der Waals surface area contributed by atoms with Gasteiger partial charge in [0.1, 0.15) is 17.7 Å². The summed E-state index contributed by atoms with van der Waals surface area (Å²) in [5, 5.41) is 3.85. The van der Waals surface area contributed by atoms with Crippen molar-refractivity contribution < 1.29 is 18.7 Å². The van der Waals surface area contributed by atoms with E-state index >= 15 is 0 Å². The van der Waals surface area contributed by atoms with Gasteiger partial charge in [-0.25, -0.2) is 14.2 Å². The zero-order valence-corrected chi connectivity index (χ0v) is 19.1. The predicted molar refractivity (Wildman–Crippen MR) is 119 cm³/mol. The van der Waals surface area contributed by atoms with Gasteiger partial charge in [-0.05, 0) is 52.9 Å². The molecule has 0 aliphatic carbocycles. The fraction of sp³-hybridized carbons (Fsp3) is 0.409. The number of hydrogen-bond donors (Lipinski definition) is 2. The molecule has 2 aromatic carbocycles. The van der Waals surface area contributed by atoms with Crippen LogP contribution in [0.5, 0.6) is 0 Å². The van der Waals surface area contributed by atoms with Crippen molar-refractivity contribution in [2.24, 2.45) is 5.92 Å². The molecule has 0 radical (unpaired) electrons. The van der Waals surface area contributed by atoms with Crippen molar-refractivity contribution in [1.82, 2.24) is 20.2 Å². The highest BCUT2D eigenvalue weighted by Gasteiger charge is 2.37. The van der Waals surface area contributed by atoms with Crippen LogP contribution in [-0.2, 0) is 9.53 Å². The van der Waals surface area contributed by atoms with Gasteiger partial charge >= 0.3 is 6.09 Å². The van der Waals surface area contributed by atoms with Crippen molar-refractivity contribution in [1.29, 1.82) is 0 Å². The number of aromatic nitrogens is 2. The van der Waals surface area contributed by atoms with E-state index in [1.54, 1.807) is 23.1 Å². The molecule has 2 atom stereocenters. The van der Waals surface area contributed by atoms with Crippen molar-refractivity contribution in [3.05, 3.63) is 40.4 Å². The number of H-pyrrole nitrogens is 1. The Morgan fingerprint density at radius 2 is 2.03 bits per heavy atom. The Balaban J connectivity index is 1.69. The van der Waals surface area contributed by atoms with Gasteiger partial charge < -0.3 is 19.9 Å². The van der Waals surface area contributed by atoms with E-state index in [2.05, 4.69) is 31.0 Å². The Labute approximate surface area is 187 Å². The number of carbonyl (C=O) groups excluding carboxylic acids is 2. The van der Waals surface area contributed by atoms with Gasteiger partial charge in [-0.2, -0.15) is 0 Å². The van der Waals surface area contributed by atoms with Crippen LogP contribution in [0, 0.1) is 11.7 Å². The maximum absolute atomic E-state index is 14.5. The Bertz CT molecular complexity index is 1160. The number of aromatic amines is 1. The number of ether oxygens (including phenoxy) is 1. The molecule has 1 aliphatic heterocycles. The number of alkyl carbamates (subject to hydrolysis) is 1. The van der Waals surface area contributed by atoms with E-state index in [4.69, 9.17) is 4.98 Å². The molecule has 1 fully saturated rings. The predicted octanol–water partition coefficient (Wildman–Crippen LogP) is 4.66. The summed E-state index contributed by atoms with van der Waals surface area (Å²) in [4.78, 5) is 34.9. The molecule has 1 saturated heterocycles. The van der Waals surface area contributed by atoms with Crippen LogP contribution >= 0.6 is 15.9 Å². The van der Waals surface area contributed by atoms with Crippen LogP contribution in [-0.4, -0.2) is 46.6 Å². The number of hydrogen-bond acceptors (Lipinski definition) is 4. The first-order valence-corrected chi connectivity index (χ1v) is 11.0. The minimum atomic E-state index is -0.690. The maximum Gasteiger partial charge on any atom is 0.407 e. The monoisotopic (exact) mass is 490 g/mol. The number of halogens is 2. The minimum absolute atomic E-state index is 0.103. The van der Waals surface area contributed by atoms with Crippen molar-refractivity contribution in [3.8, 4) is 0 Å². The second kappa shape index (κ2) is 8.45. The molecule has 4 rings (SSSR count). The molecule has 0 saturated carbocycles. The molecule has 3 aromatic rings. The first kappa shape index (κ1) is 21.5.